The number of benzene rings is 1. The largest absolute Gasteiger partial charge is 0.478 e. The average Bonchev–Trinajstić information content (AvgIpc) is 2.38. The van der Waals surface area contributed by atoms with E-state index in [0.717, 1.165) is 23.7 Å². The van der Waals surface area contributed by atoms with Crippen LogP contribution in [0.15, 0.2) is 24.3 Å². The molecular weight excluding hydrogens is 236 g/mol. The first-order valence-corrected chi connectivity index (χ1v) is 7.54. The van der Waals surface area contributed by atoms with Crippen LogP contribution in [0.3, 0.4) is 0 Å². The first-order valence-electron chi connectivity index (χ1n) is 7.54. The van der Waals surface area contributed by atoms with Crippen molar-refractivity contribution in [1.29, 1.82) is 0 Å². The first-order chi connectivity index (χ1) is 9.20. The fraction of sp³-hybridized carbons (Fsp3) is 0.588. The Morgan fingerprint density at radius 3 is 1.89 bits per heavy atom. The molecule has 0 heterocycles. The standard InChI is InChI=1S/C17H20O2/c18-17(19)13-3-1-12(2-4-13)16-14-6-10-5-11(8-14)9-15(16)7-10/h1-4,10-11,14-16H,5-9H2,(H,18,19). The topological polar surface area (TPSA) is 37.3 Å². The van der Waals surface area contributed by atoms with Gasteiger partial charge in [0.2, 0.25) is 0 Å². The highest BCUT2D eigenvalue weighted by Gasteiger charge is 2.48. The zero-order valence-electron chi connectivity index (χ0n) is 11.1. The Hall–Kier alpha value is -1.31. The Morgan fingerprint density at radius 2 is 1.42 bits per heavy atom. The Bertz CT molecular complexity index is 474. The van der Waals surface area contributed by atoms with Gasteiger partial charge in [0.05, 0.1) is 5.56 Å². The zero-order chi connectivity index (χ0) is 13.0. The van der Waals surface area contributed by atoms with Crippen molar-refractivity contribution in [2.75, 3.05) is 0 Å². The van der Waals surface area contributed by atoms with E-state index in [2.05, 4.69) is 12.1 Å². The molecule has 1 aromatic rings. The highest BCUT2D eigenvalue weighted by Crippen LogP contribution is 2.59. The van der Waals surface area contributed by atoms with Crippen LogP contribution in [0, 0.1) is 23.7 Å². The van der Waals surface area contributed by atoms with Crippen molar-refractivity contribution in [2.45, 2.75) is 38.0 Å². The van der Waals surface area contributed by atoms with Crippen molar-refractivity contribution < 1.29 is 9.90 Å². The molecule has 4 fully saturated rings. The highest BCUT2D eigenvalue weighted by molar-refractivity contribution is 5.87. The molecule has 2 nitrogen and oxygen atoms in total. The third-order valence-corrected chi connectivity index (χ3v) is 5.77. The second kappa shape index (κ2) is 4.09. The summed E-state index contributed by atoms with van der Waals surface area (Å²) >= 11 is 0. The molecule has 1 aromatic carbocycles. The second-order valence-corrected chi connectivity index (χ2v) is 6.88. The molecule has 4 aliphatic carbocycles. The van der Waals surface area contributed by atoms with E-state index < -0.39 is 5.97 Å². The van der Waals surface area contributed by atoms with Crippen molar-refractivity contribution in [3.63, 3.8) is 0 Å². The molecule has 0 unspecified atom stereocenters. The Balaban J connectivity index is 1.63. The molecule has 0 aromatic heterocycles. The summed E-state index contributed by atoms with van der Waals surface area (Å²) in [5, 5.41) is 8.99. The fourth-order valence-electron chi connectivity index (χ4n) is 5.32. The number of hydrogen-bond donors (Lipinski definition) is 1. The van der Waals surface area contributed by atoms with Gasteiger partial charge in [0.1, 0.15) is 0 Å². The van der Waals surface area contributed by atoms with Crippen LogP contribution in [-0.2, 0) is 0 Å². The minimum Gasteiger partial charge on any atom is -0.478 e. The monoisotopic (exact) mass is 256 g/mol. The molecule has 19 heavy (non-hydrogen) atoms. The van der Waals surface area contributed by atoms with E-state index in [1.807, 2.05) is 0 Å². The fourth-order valence-corrected chi connectivity index (χ4v) is 5.32. The highest BCUT2D eigenvalue weighted by atomic mass is 16.4. The van der Waals surface area contributed by atoms with Crippen LogP contribution >= 0.6 is 0 Å². The SMILES string of the molecule is O=C(O)c1ccc(C2C3CC4CC(C3)CC2C4)cc1. The third-order valence-electron chi connectivity index (χ3n) is 5.77. The van der Waals surface area contributed by atoms with Gasteiger partial charge in [-0.25, -0.2) is 4.79 Å². The third kappa shape index (κ3) is 1.80. The molecule has 0 atom stereocenters. The van der Waals surface area contributed by atoms with Crippen molar-refractivity contribution >= 4 is 5.97 Å². The van der Waals surface area contributed by atoms with Crippen LogP contribution in [-0.4, -0.2) is 11.1 Å². The molecule has 0 spiro atoms. The lowest BCUT2D eigenvalue weighted by Gasteiger charge is -2.54. The van der Waals surface area contributed by atoms with Crippen molar-refractivity contribution in [3.05, 3.63) is 35.4 Å². The lowest BCUT2D eigenvalue weighted by molar-refractivity contribution is -0.00278. The van der Waals surface area contributed by atoms with Crippen LogP contribution in [0.4, 0.5) is 0 Å². The smallest absolute Gasteiger partial charge is 0.335 e. The predicted molar refractivity (Wildman–Crippen MR) is 73.2 cm³/mol. The van der Waals surface area contributed by atoms with E-state index in [4.69, 9.17) is 5.11 Å². The number of carboxylic acid groups (broad SMARTS) is 1. The molecule has 4 aliphatic rings. The maximum absolute atomic E-state index is 10.9. The Morgan fingerprint density at radius 1 is 0.895 bits per heavy atom. The van der Waals surface area contributed by atoms with Gasteiger partial charge < -0.3 is 5.11 Å². The summed E-state index contributed by atoms with van der Waals surface area (Å²) in [4.78, 5) is 10.9. The van der Waals surface area contributed by atoms with Gasteiger partial charge in [-0.1, -0.05) is 12.1 Å². The second-order valence-electron chi connectivity index (χ2n) is 6.88. The first kappa shape index (κ1) is 11.5. The van der Waals surface area contributed by atoms with Crippen molar-refractivity contribution in [1.82, 2.24) is 0 Å². The summed E-state index contributed by atoms with van der Waals surface area (Å²) < 4.78 is 0. The van der Waals surface area contributed by atoms with Crippen LogP contribution in [0.25, 0.3) is 0 Å². The Labute approximate surface area is 113 Å². The van der Waals surface area contributed by atoms with Gasteiger partial charge in [-0.05, 0) is 79.4 Å². The summed E-state index contributed by atoms with van der Waals surface area (Å²) in [6.45, 7) is 0. The minimum absolute atomic E-state index is 0.410. The van der Waals surface area contributed by atoms with Gasteiger partial charge >= 0.3 is 5.97 Å². The summed E-state index contributed by atoms with van der Waals surface area (Å²) in [5.41, 5.74) is 1.80. The van der Waals surface area contributed by atoms with Gasteiger partial charge in [-0.2, -0.15) is 0 Å². The summed E-state index contributed by atoms with van der Waals surface area (Å²) in [6, 6.07) is 7.69. The summed E-state index contributed by atoms with van der Waals surface area (Å²) in [5.74, 6) is 3.61. The van der Waals surface area contributed by atoms with Gasteiger partial charge in [0.15, 0.2) is 0 Å². The molecule has 0 radical (unpaired) electrons. The number of carboxylic acids is 1. The molecule has 4 saturated carbocycles. The molecule has 100 valence electrons. The van der Waals surface area contributed by atoms with E-state index in [0.29, 0.717) is 11.5 Å². The van der Waals surface area contributed by atoms with Crippen molar-refractivity contribution in [2.24, 2.45) is 23.7 Å². The van der Waals surface area contributed by atoms with E-state index >= 15 is 0 Å². The van der Waals surface area contributed by atoms with Gasteiger partial charge in [-0.15, -0.1) is 0 Å². The lowest BCUT2D eigenvalue weighted by Crippen LogP contribution is -2.43. The van der Waals surface area contributed by atoms with Crippen LogP contribution in [0.1, 0.15) is 53.9 Å². The van der Waals surface area contributed by atoms with E-state index in [9.17, 15) is 4.79 Å². The zero-order valence-corrected chi connectivity index (χ0v) is 11.1. The van der Waals surface area contributed by atoms with Crippen LogP contribution in [0.2, 0.25) is 0 Å². The Kier molecular flexibility index (Phi) is 2.48. The molecule has 4 bridgehead atoms. The molecule has 5 rings (SSSR count). The number of hydrogen-bond acceptors (Lipinski definition) is 1. The van der Waals surface area contributed by atoms with Crippen molar-refractivity contribution in [3.8, 4) is 0 Å². The molecular formula is C17H20O2. The average molecular weight is 256 g/mol. The van der Waals surface area contributed by atoms with E-state index in [-0.39, 0.29) is 0 Å². The molecule has 0 aliphatic heterocycles. The number of aromatic carboxylic acids is 1. The number of carbonyl (C=O) groups is 1. The molecule has 1 N–H and O–H groups in total. The van der Waals surface area contributed by atoms with Gasteiger partial charge in [-0.3, -0.25) is 0 Å². The quantitative estimate of drug-likeness (QED) is 0.870. The van der Waals surface area contributed by atoms with Crippen LogP contribution < -0.4 is 0 Å². The van der Waals surface area contributed by atoms with Gasteiger partial charge in [0.25, 0.3) is 0 Å². The summed E-state index contributed by atoms with van der Waals surface area (Å²) in [7, 11) is 0. The normalized spacial score (nSPS) is 39.5. The number of rotatable bonds is 2. The lowest BCUT2D eigenvalue weighted by atomic mass is 9.51. The minimum atomic E-state index is -0.823. The maximum Gasteiger partial charge on any atom is 0.335 e. The predicted octanol–water partition coefficient (Wildman–Crippen LogP) is 3.92. The summed E-state index contributed by atoms with van der Waals surface area (Å²) in [6.07, 6.45) is 7.14. The van der Waals surface area contributed by atoms with Gasteiger partial charge in [0, 0.05) is 0 Å². The molecule has 0 amide bonds. The van der Waals surface area contributed by atoms with Crippen LogP contribution in [0.5, 0.6) is 0 Å². The molecule has 2 heteroatoms. The van der Waals surface area contributed by atoms with E-state index in [1.54, 1.807) is 12.1 Å². The van der Waals surface area contributed by atoms with E-state index in [1.165, 1.54) is 37.7 Å². The molecule has 0 saturated heterocycles. The maximum atomic E-state index is 10.9.